The lowest BCUT2D eigenvalue weighted by molar-refractivity contribution is -0.00000569. The monoisotopic (exact) mass is 454 g/mol. The first-order chi connectivity index (χ1) is 13.3. The molecule has 0 aliphatic carbocycles. The molecule has 2 aromatic rings. The van der Waals surface area contributed by atoms with Crippen molar-refractivity contribution in [3.8, 4) is 6.07 Å². The maximum Gasteiger partial charge on any atom is 0.177 e. The van der Waals surface area contributed by atoms with Crippen LogP contribution in [0.15, 0.2) is 53.4 Å². The molecule has 0 fully saturated rings. The van der Waals surface area contributed by atoms with E-state index in [-0.39, 0.29) is 17.0 Å². The third kappa shape index (κ3) is 3.80. The number of fused-ring (bicyclic) bond motifs is 1. The van der Waals surface area contributed by atoms with E-state index in [0.717, 1.165) is 47.9 Å². The summed E-state index contributed by atoms with van der Waals surface area (Å²) < 4.78 is 2.13. The van der Waals surface area contributed by atoms with Crippen LogP contribution in [0, 0.1) is 11.3 Å². The Morgan fingerprint density at radius 3 is 2.79 bits per heavy atom. The summed E-state index contributed by atoms with van der Waals surface area (Å²) in [5.74, 6) is 1.68. The van der Waals surface area contributed by atoms with Gasteiger partial charge in [-0.25, -0.2) is 0 Å². The van der Waals surface area contributed by atoms with Crippen molar-refractivity contribution in [3.05, 3.63) is 70.6 Å². The highest BCUT2D eigenvalue weighted by atomic mass is 79.9. The first kappa shape index (κ1) is 20.4. The van der Waals surface area contributed by atoms with Gasteiger partial charge < -0.3 is 26.4 Å². The third-order valence-corrected chi connectivity index (χ3v) is 5.85. The Labute approximate surface area is 180 Å². The molecule has 0 amide bonds. The highest BCUT2D eigenvalue weighted by Crippen LogP contribution is 2.43. The predicted octanol–water partition coefficient (Wildman–Crippen LogP) is 1.43. The lowest BCUT2D eigenvalue weighted by Crippen LogP contribution is -3.00. The van der Waals surface area contributed by atoms with Crippen LogP contribution in [-0.2, 0) is 13.0 Å². The van der Waals surface area contributed by atoms with Gasteiger partial charge in [0.15, 0.2) is 5.82 Å². The van der Waals surface area contributed by atoms with Crippen LogP contribution in [0.25, 0.3) is 11.3 Å². The van der Waals surface area contributed by atoms with Gasteiger partial charge in [-0.15, -0.1) is 16.8 Å². The molecule has 2 aliphatic heterocycles. The van der Waals surface area contributed by atoms with Crippen molar-refractivity contribution in [1.29, 1.82) is 5.26 Å². The summed E-state index contributed by atoms with van der Waals surface area (Å²) in [4.78, 5) is 2.14. The van der Waals surface area contributed by atoms with Crippen LogP contribution in [0.3, 0.4) is 0 Å². The number of nitriles is 1. The molecule has 28 heavy (non-hydrogen) atoms. The van der Waals surface area contributed by atoms with Crippen LogP contribution in [-0.4, -0.2) is 26.2 Å². The summed E-state index contributed by atoms with van der Waals surface area (Å²) in [7, 11) is 0. The smallest absolute Gasteiger partial charge is 0.177 e. The Morgan fingerprint density at radius 2 is 2.04 bits per heavy atom. The van der Waals surface area contributed by atoms with E-state index in [9.17, 15) is 5.26 Å². The van der Waals surface area contributed by atoms with E-state index in [1.54, 1.807) is 11.8 Å². The molecule has 3 heterocycles. The van der Waals surface area contributed by atoms with Gasteiger partial charge >= 0.3 is 0 Å². The summed E-state index contributed by atoms with van der Waals surface area (Å²) in [5.41, 5.74) is 2.79. The fourth-order valence-electron chi connectivity index (χ4n) is 3.55. The maximum atomic E-state index is 10.00. The van der Waals surface area contributed by atoms with E-state index in [2.05, 4.69) is 49.9 Å². The second-order valence-corrected chi connectivity index (χ2v) is 7.44. The first-order valence-corrected chi connectivity index (χ1v) is 10.1. The molecule has 0 spiro atoms. The zero-order chi connectivity index (χ0) is 18.6. The standard InChI is InChI=1S/C21H21N5S.BrH/c1-2-12-25-18(16-9-5-3-6-10-16)15-27-21(25)17(14-22)20-24-23-19-11-7-4-8-13-26(19)20;/h2-3,5-6,9-10,15H,1,4,7-8,11-13H2;1H/p-1/b21-17+;. The number of aryl methyl sites for hydroxylation is 1. The molecule has 2 aliphatic rings. The van der Waals surface area contributed by atoms with Gasteiger partial charge in [0, 0.05) is 24.9 Å². The van der Waals surface area contributed by atoms with Crippen molar-refractivity contribution in [2.75, 3.05) is 6.54 Å². The number of hydrogen-bond acceptors (Lipinski definition) is 5. The van der Waals surface area contributed by atoms with Gasteiger partial charge in [0.25, 0.3) is 0 Å². The SMILES string of the molecule is C=CCN1C(c2ccccc2)=CS/C1=C(\C#N)c1nnc2n1CCCCC2.[Br-]. The Balaban J connectivity index is 0.00000225. The summed E-state index contributed by atoms with van der Waals surface area (Å²) in [6, 6.07) is 12.6. The molecular weight excluding hydrogens is 434 g/mol. The number of benzene rings is 1. The van der Waals surface area contributed by atoms with Crippen LogP contribution >= 0.6 is 11.8 Å². The van der Waals surface area contributed by atoms with E-state index < -0.39 is 0 Å². The number of halogens is 1. The molecule has 0 saturated carbocycles. The van der Waals surface area contributed by atoms with Crippen LogP contribution in [0.2, 0.25) is 0 Å². The highest BCUT2D eigenvalue weighted by molar-refractivity contribution is 8.06. The van der Waals surface area contributed by atoms with Crippen molar-refractivity contribution in [2.45, 2.75) is 32.2 Å². The summed E-state index contributed by atoms with van der Waals surface area (Å²) >= 11 is 1.57. The fourth-order valence-corrected chi connectivity index (χ4v) is 4.59. The average molecular weight is 455 g/mol. The topological polar surface area (TPSA) is 57.7 Å². The minimum absolute atomic E-state index is 0. The normalized spacial score (nSPS) is 17.7. The van der Waals surface area contributed by atoms with Gasteiger partial charge in [-0.05, 0) is 18.4 Å². The molecule has 1 aromatic heterocycles. The molecule has 0 bridgehead atoms. The fraction of sp³-hybridized carbons (Fsp3) is 0.286. The zero-order valence-electron chi connectivity index (χ0n) is 15.5. The van der Waals surface area contributed by atoms with Gasteiger partial charge in [-0.3, -0.25) is 0 Å². The van der Waals surface area contributed by atoms with E-state index in [1.807, 2.05) is 24.3 Å². The highest BCUT2D eigenvalue weighted by Gasteiger charge is 2.28. The second kappa shape index (κ2) is 9.26. The van der Waals surface area contributed by atoms with Crippen LogP contribution in [0.1, 0.15) is 36.5 Å². The van der Waals surface area contributed by atoms with E-state index in [1.165, 1.54) is 6.42 Å². The molecule has 7 heteroatoms. The van der Waals surface area contributed by atoms with Gasteiger partial charge in [-0.2, -0.15) is 5.26 Å². The molecule has 5 nitrogen and oxygen atoms in total. The molecule has 144 valence electrons. The maximum absolute atomic E-state index is 10.00. The van der Waals surface area contributed by atoms with Crippen LogP contribution in [0.5, 0.6) is 0 Å². The second-order valence-electron chi connectivity index (χ2n) is 6.58. The summed E-state index contributed by atoms with van der Waals surface area (Å²) in [5, 5.41) is 21.8. The minimum Gasteiger partial charge on any atom is -1.00 e. The van der Waals surface area contributed by atoms with Gasteiger partial charge in [-0.1, -0.05) is 54.6 Å². The van der Waals surface area contributed by atoms with Gasteiger partial charge in [0.2, 0.25) is 0 Å². The molecule has 0 N–H and O–H groups in total. The van der Waals surface area contributed by atoms with E-state index in [4.69, 9.17) is 0 Å². The van der Waals surface area contributed by atoms with Gasteiger partial charge in [0.1, 0.15) is 22.5 Å². The summed E-state index contributed by atoms with van der Waals surface area (Å²) in [6.07, 6.45) is 6.22. The quantitative estimate of drug-likeness (QED) is 0.516. The Kier molecular flexibility index (Phi) is 6.76. The number of allylic oxidation sites excluding steroid dienone is 1. The van der Waals surface area contributed by atoms with Crippen molar-refractivity contribution < 1.29 is 17.0 Å². The molecular formula is C21H21BrN5S-. The Bertz CT molecular complexity index is 955. The first-order valence-electron chi connectivity index (χ1n) is 9.21. The molecule has 0 atom stereocenters. The van der Waals surface area contributed by atoms with Crippen LogP contribution in [0.4, 0.5) is 0 Å². The minimum atomic E-state index is 0. The number of thioether (sulfide) groups is 1. The molecule has 0 radical (unpaired) electrons. The van der Waals surface area contributed by atoms with Crippen molar-refractivity contribution in [3.63, 3.8) is 0 Å². The Morgan fingerprint density at radius 1 is 1.21 bits per heavy atom. The summed E-state index contributed by atoms with van der Waals surface area (Å²) in [6.45, 7) is 5.41. The molecule has 0 unspecified atom stereocenters. The number of aromatic nitrogens is 3. The van der Waals surface area contributed by atoms with Crippen molar-refractivity contribution in [1.82, 2.24) is 19.7 Å². The lowest BCUT2D eigenvalue weighted by atomic mass is 10.1. The van der Waals surface area contributed by atoms with Gasteiger partial charge in [0.05, 0.1) is 5.70 Å². The van der Waals surface area contributed by atoms with Crippen LogP contribution < -0.4 is 17.0 Å². The molecule has 0 saturated heterocycles. The largest absolute Gasteiger partial charge is 1.00 e. The number of rotatable bonds is 4. The Hall–Kier alpha value is -2.30. The lowest BCUT2D eigenvalue weighted by Gasteiger charge is -2.23. The molecule has 4 rings (SSSR count). The number of nitrogens with zero attached hydrogens (tertiary/aromatic N) is 5. The zero-order valence-corrected chi connectivity index (χ0v) is 17.9. The average Bonchev–Trinajstić information content (AvgIpc) is 3.21. The third-order valence-electron chi connectivity index (χ3n) is 4.86. The van der Waals surface area contributed by atoms with Crippen molar-refractivity contribution >= 4 is 23.0 Å². The molecule has 1 aromatic carbocycles. The number of hydrogen-bond donors (Lipinski definition) is 0. The van der Waals surface area contributed by atoms with E-state index in [0.29, 0.717) is 17.9 Å². The van der Waals surface area contributed by atoms with E-state index >= 15 is 0 Å². The van der Waals surface area contributed by atoms with Crippen molar-refractivity contribution in [2.24, 2.45) is 0 Å². The predicted molar refractivity (Wildman–Crippen MR) is 109 cm³/mol.